The number of rotatable bonds is 8. The van der Waals surface area contributed by atoms with Crippen molar-refractivity contribution in [1.29, 1.82) is 0 Å². The lowest BCUT2D eigenvalue weighted by Gasteiger charge is -2.34. The van der Waals surface area contributed by atoms with E-state index in [9.17, 15) is 14.4 Å². The zero-order chi connectivity index (χ0) is 20.1. The minimum absolute atomic E-state index is 0.00563. The third kappa shape index (κ3) is 4.68. The fourth-order valence-corrected chi connectivity index (χ4v) is 4.14. The molecule has 4 unspecified atom stereocenters. The largest absolute Gasteiger partial charge is 0.496 e. The zero-order valence-corrected chi connectivity index (χ0v) is 16.7. The van der Waals surface area contributed by atoms with E-state index in [2.05, 4.69) is 18.2 Å². The zero-order valence-electron chi connectivity index (χ0n) is 15.8. The molecule has 3 rings (SSSR count). The second kappa shape index (κ2) is 9.45. The number of halogens is 1. The molecule has 6 nitrogen and oxygen atoms in total. The minimum atomic E-state index is -1.65. The Hall–Kier alpha value is -2.03. The number of ether oxygens (including phenoxy) is 3. The van der Waals surface area contributed by atoms with E-state index in [0.29, 0.717) is 12.2 Å². The van der Waals surface area contributed by atoms with Gasteiger partial charge in [-0.15, -0.1) is 11.3 Å². The fraction of sp³-hybridized carbons (Fsp3) is 0.500. The van der Waals surface area contributed by atoms with Gasteiger partial charge in [0.2, 0.25) is 6.29 Å². The van der Waals surface area contributed by atoms with Gasteiger partial charge in [-0.1, -0.05) is 24.2 Å². The van der Waals surface area contributed by atoms with Gasteiger partial charge in [-0.05, 0) is 35.1 Å². The first-order valence-electron chi connectivity index (χ1n) is 9.21. The van der Waals surface area contributed by atoms with Crippen molar-refractivity contribution in [3.63, 3.8) is 0 Å². The lowest BCUT2D eigenvalue weighted by Crippen LogP contribution is -2.49. The van der Waals surface area contributed by atoms with Gasteiger partial charge in [-0.2, -0.15) is 4.91 Å². The van der Waals surface area contributed by atoms with Gasteiger partial charge in [-0.3, -0.25) is 0 Å². The predicted octanol–water partition coefficient (Wildman–Crippen LogP) is 3.87. The van der Waals surface area contributed by atoms with Crippen molar-refractivity contribution in [2.24, 2.45) is 5.18 Å². The lowest BCUT2D eigenvalue weighted by atomic mass is 10.0. The molecule has 1 aliphatic heterocycles. The SMILES string of the molecule is CCc1cc(Cc2sccc2OC2CC(O)C(F)C(CN=O)O2)ccc1OC. The first-order chi connectivity index (χ1) is 13.5. The van der Waals surface area contributed by atoms with Crippen molar-refractivity contribution in [3.8, 4) is 11.5 Å². The summed E-state index contributed by atoms with van der Waals surface area (Å²) in [6.45, 7) is 1.72. The van der Waals surface area contributed by atoms with Crippen molar-refractivity contribution in [2.45, 2.75) is 50.9 Å². The summed E-state index contributed by atoms with van der Waals surface area (Å²) in [7, 11) is 1.66. The highest BCUT2D eigenvalue weighted by molar-refractivity contribution is 7.10. The Balaban J connectivity index is 1.71. The van der Waals surface area contributed by atoms with E-state index in [-0.39, 0.29) is 13.0 Å². The molecule has 0 aliphatic carbocycles. The van der Waals surface area contributed by atoms with E-state index in [1.54, 1.807) is 18.4 Å². The highest BCUT2D eigenvalue weighted by Crippen LogP contribution is 2.32. The van der Waals surface area contributed by atoms with E-state index < -0.39 is 24.7 Å². The number of nitrogens with zero attached hydrogens (tertiary/aromatic N) is 1. The van der Waals surface area contributed by atoms with Gasteiger partial charge in [0.25, 0.3) is 0 Å². The Kier molecular flexibility index (Phi) is 6.98. The highest BCUT2D eigenvalue weighted by atomic mass is 32.1. The summed E-state index contributed by atoms with van der Waals surface area (Å²) < 4.78 is 30.7. The standard InChI is InChI=1S/C20H24FNO5S/c1-3-13-8-12(4-5-15(13)25-2)9-18-16(6-7-28-18)26-19-10-14(23)20(21)17(27-19)11-22-24/h4-8,14,17,19-20,23H,3,9-11H2,1-2H3. The molecule has 1 aliphatic rings. The number of aliphatic hydroxyl groups excluding tert-OH is 1. The summed E-state index contributed by atoms with van der Waals surface area (Å²) in [6.07, 6.45) is -3.29. The number of alkyl halides is 1. The fourth-order valence-electron chi connectivity index (χ4n) is 3.30. The molecule has 1 N–H and O–H groups in total. The van der Waals surface area contributed by atoms with Crippen LogP contribution in [0.15, 0.2) is 34.8 Å². The van der Waals surface area contributed by atoms with Crippen molar-refractivity contribution >= 4 is 11.3 Å². The average molecular weight is 409 g/mol. The normalized spacial score (nSPS) is 24.7. The van der Waals surface area contributed by atoms with Crippen molar-refractivity contribution in [3.05, 3.63) is 50.6 Å². The summed E-state index contributed by atoms with van der Waals surface area (Å²) in [6, 6.07) is 7.92. The van der Waals surface area contributed by atoms with Gasteiger partial charge in [0, 0.05) is 12.8 Å². The van der Waals surface area contributed by atoms with Crippen LogP contribution in [0.4, 0.5) is 4.39 Å². The molecule has 152 valence electrons. The number of aryl methyl sites for hydroxylation is 1. The summed E-state index contributed by atoms with van der Waals surface area (Å²) in [4.78, 5) is 11.5. The molecule has 0 bridgehead atoms. The molecule has 1 saturated heterocycles. The van der Waals surface area contributed by atoms with Crippen LogP contribution < -0.4 is 9.47 Å². The summed E-state index contributed by atoms with van der Waals surface area (Å²) in [5.41, 5.74) is 2.26. The van der Waals surface area contributed by atoms with E-state index in [1.807, 2.05) is 23.6 Å². The molecule has 0 saturated carbocycles. The highest BCUT2D eigenvalue weighted by Gasteiger charge is 2.39. The Morgan fingerprint density at radius 2 is 2.18 bits per heavy atom. The third-order valence-corrected chi connectivity index (χ3v) is 5.69. The second-order valence-corrected chi connectivity index (χ2v) is 7.67. The Bertz CT molecular complexity index is 799. The number of nitroso groups, excluding NO2 is 1. The molecule has 2 heterocycles. The van der Waals surface area contributed by atoms with Gasteiger partial charge >= 0.3 is 0 Å². The van der Waals surface area contributed by atoms with Gasteiger partial charge in [0.1, 0.15) is 24.1 Å². The van der Waals surface area contributed by atoms with Crippen molar-refractivity contribution in [2.75, 3.05) is 13.7 Å². The van der Waals surface area contributed by atoms with E-state index in [4.69, 9.17) is 14.2 Å². The van der Waals surface area contributed by atoms with E-state index >= 15 is 0 Å². The molecule has 0 radical (unpaired) electrons. The minimum Gasteiger partial charge on any atom is -0.496 e. The van der Waals surface area contributed by atoms with Crippen LogP contribution in [-0.4, -0.2) is 43.4 Å². The number of thiophene rings is 1. The molecular weight excluding hydrogens is 385 g/mol. The van der Waals surface area contributed by atoms with E-state index in [1.165, 1.54) is 0 Å². The molecule has 4 atom stereocenters. The maximum absolute atomic E-state index is 13.9. The van der Waals surface area contributed by atoms with Crippen LogP contribution >= 0.6 is 11.3 Å². The second-order valence-electron chi connectivity index (χ2n) is 6.67. The van der Waals surface area contributed by atoms with Crippen LogP contribution in [0.1, 0.15) is 29.3 Å². The maximum atomic E-state index is 13.9. The number of hydrogen-bond acceptors (Lipinski definition) is 7. The average Bonchev–Trinajstić information content (AvgIpc) is 3.12. The van der Waals surface area contributed by atoms with Crippen molar-refractivity contribution in [1.82, 2.24) is 0 Å². The van der Waals surface area contributed by atoms with Crippen LogP contribution in [0.25, 0.3) is 0 Å². The maximum Gasteiger partial charge on any atom is 0.202 e. The van der Waals surface area contributed by atoms with Crippen molar-refractivity contribution < 1.29 is 23.7 Å². The predicted molar refractivity (Wildman–Crippen MR) is 105 cm³/mol. The number of hydrogen-bond donors (Lipinski definition) is 1. The van der Waals surface area contributed by atoms with Crippen LogP contribution in [0.5, 0.6) is 11.5 Å². The number of aliphatic hydroxyl groups is 1. The number of methoxy groups -OCH3 is 1. The Morgan fingerprint density at radius 1 is 1.36 bits per heavy atom. The smallest absolute Gasteiger partial charge is 0.202 e. The first-order valence-corrected chi connectivity index (χ1v) is 10.1. The summed E-state index contributed by atoms with van der Waals surface area (Å²) in [5.74, 6) is 1.50. The quantitative estimate of drug-likeness (QED) is 0.670. The van der Waals surface area contributed by atoms with Crippen LogP contribution in [-0.2, 0) is 17.6 Å². The molecule has 0 amide bonds. The van der Waals surface area contributed by atoms with Crippen LogP contribution in [0, 0.1) is 4.91 Å². The molecule has 2 aromatic rings. The summed E-state index contributed by atoms with van der Waals surface area (Å²) >= 11 is 1.55. The first kappa shape index (κ1) is 20.7. The van der Waals surface area contributed by atoms with Crippen LogP contribution in [0.2, 0.25) is 0 Å². The number of benzene rings is 1. The Morgan fingerprint density at radius 3 is 2.89 bits per heavy atom. The van der Waals surface area contributed by atoms with Gasteiger partial charge in [0.15, 0.2) is 6.17 Å². The van der Waals surface area contributed by atoms with Gasteiger partial charge in [0.05, 0.1) is 18.1 Å². The van der Waals surface area contributed by atoms with Gasteiger partial charge < -0.3 is 19.3 Å². The monoisotopic (exact) mass is 409 g/mol. The van der Waals surface area contributed by atoms with Crippen LogP contribution in [0.3, 0.4) is 0 Å². The summed E-state index contributed by atoms with van der Waals surface area (Å²) in [5, 5.41) is 14.5. The molecule has 1 fully saturated rings. The Labute approximate surface area is 167 Å². The molecule has 8 heteroatoms. The lowest BCUT2D eigenvalue weighted by molar-refractivity contribution is -0.202. The molecule has 28 heavy (non-hydrogen) atoms. The topological polar surface area (TPSA) is 77.4 Å². The molecule has 0 spiro atoms. The molecular formula is C20H24FNO5S. The molecule has 1 aromatic carbocycles. The van der Waals surface area contributed by atoms with E-state index in [0.717, 1.165) is 28.2 Å². The van der Waals surface area contributed by atoms with Gasteiger partial charge in [-0.25, -0.2) is 4.39 Å². The molecule has 1 aromatic heterocycles. The third-order valence-electron chi connectivity index (χ3n) is 4.79.